The number of carbonyl (C=O) groups excluding carboxylic acids is 2. The molecule has 1 heterocycles. The van der Waals surface area contributed by atoms with E-state index in [0.29, 0.717) is 24.1 Å². The van der Waals surface area contributed by atoms with Gasteiger partial charge in [-0.15, -0.1) is 6.58 Å². The van der Waals surface area contributed by atoms with Crippen LogP contribution in [0.2, 0.25) is 0 Å². The Balaban J connectivity index is 1.40. The second-order valence-corrected chi connectivity index (χ2v) is 11.4. The lowest BCUT2D eigenvalue weighted by Crippen LogP contribution is -2.29. The topological polar surface area (TPSA) is 126 Å². The maximum absolute atomic E-state index is 13.3. The molecule has 4 aromatic rings. The maximum atomic E-state index is 13.3. The minimum atomic E-state index is -4.15. The fourth-order valence-electron chi connectivity index (χ4n) is 4.39. The van der Waals surface area contributed by atoms with Gasteiger partial charge >= 0.3 is 0 Å². The lowest BCUT2D eigenvalue weighted by molar-refractivity contribution is -0.120. The number of para-hydroxylation sites is 1. The summed E-state index contributed by atoms with van der Waals surface area (Å²) in [6.07, 6.45) is 2.89. The molecule has 2 atom stereocenters. The van der Waals surface area contributed by atoms with E-state index in [1.807, 2.05) is 67.6 Å². The standard InChI is InChI=1S/C31H32N2O6S/c1-3-21(2)18-26(19-22-8-10-24(11-9-22)30(34)32-16-17-40(36,37)38)31(35)33-27-14-12-23(13-15-27)29-20-25-6-4-5-7-28(25)39-29/h3-15,20-21,26H,1,16-19H2,2H3,(H,32,34)(H,33,35)(H,36,37,38). The van der Waals surface area contributed by atoms with Gasteiger partial charge in [0, 0.05) is 34.7 Å². The van der Waals surface area contributed by atoms with Gasteiger partial charge in [0.1, 0.15) is 11.3 Å². The Kier molecular flexibility index (Phi) is 9.19. The van der Waals surface area contributed by atoms with Crippen molar-refractivity contribution < 1.29 is 27.0 Å². The van der Waals surface area contributed by atoms with E-state index in [0.717, 1.165) is 27.9 Å². The van der Waals surface area contributed by atoms with Crippen molar-refractivity contribution in [1.82, 2.24) is 5.32 Å². The monoisotopic (exact) mass is 560 g/mol. The Morgan fingerprint density at radius 2 is 1.73 bits per heavy atom. The number of hydrogen-bond acceptors (Lipinski definition) is 5. The number of furan rings is 1. The van der Waals surface area contributed by atoms with Gasteiger partial charge in [0.25, 0.3) is 16.0 Å². The smallest absolute Gasteiger partial charge is 0.266 e. The highest BCUT2D eigenvalue weighted by atomic mass is 32.2. The van der Waals surface area contributed by atoms with Crippen LogP contribution >= 0.6 is 0 Å². The first-order valence-electron chi connectivity index (χ1n) is 13.0. The average molecular weight is 561 g/mol. The second-order valence-electron chi connectivity index (χ2n) is 9.80. The van der Waals surface area contributed by atoms with Gasteiger partial charge in [-0.1, -0.05) is 43.3 Å². The van der Waals surface area contributed by atoms with Gasteiger partial charge in [-0.05, 0) is 72.9 Å². The number of rotatable bonds is 12. The van der Waals surface area contributed by atoms with Crippen molar-refractivity contribution in [1.29, 1.82) is 0 Å². The molecule has 0 spiro atoms. The highest BCUT2D eigenvalue weighted by Crippen LogP contribution is 2.29. The molecule has 0 fully saturated rings. The highest BCUT2D eigenvalue weighted by Gasteiger charge is 2.21. The van der Waals surface area contributed by atoms with Gasteiger partial charge in [0.15, 0.2) is 0 Å². The van der Waals surface area contributed by atoms with Crippen molar-refractivity contribution in [3.05, 3.63) is 103 Å². The molecule has 0 radical (unpaired) electrons. The first kappa shape index (κ1) is 28.8. The predicted molar refractivity (Wildman–Crippen MR) is 157 cm³/mol. The van der Waals surface area contributed by atoms with Crippen LogP contribution in [0.3, 0.4) is 0 Å². The summed E-state index contributed by atoms with van der Waals surface area (Å²) in [7, 11) is -4.15. The zero-order valence-corrected chi connectivity index (χ0v) is 23.0. The average Bonchev–Trinajstić information content (AvgIpc) is 3.37. The molecular formula is C31H32N2O6S. The second kappa shape index (κ2) is 12.8. The molecule has 1 aromatic heterocycles. The molecule has 0 bridgehead atoms. The Labute approximate surface area is 233 Å². The zero-order valence-electron chi connectivity index (χ0n) is 22.2. The van der Waals surface area contributed by atoms with E-state index in [-0.39, 0.29) is 24.3 Å². The SMILES string of the molecule is C=CC(C)CC(Cc1ccc(C(=O)NCCS(=O)(=O)O)cc1)C(=O)Nc1ccc(-c2cc3ccccc3o2)cc1. The molecular weight excluding hydrogens is 528 g/mol. The van der Waals surface area contributed by atoms with Crippen molar-refractivity contribution >= 4 is 38.6 Å². The summed E-state index contributed by atoms with van der Waals surface area (Å²) in [6, 6.07) is 24.1. The predicted octanol–water partition coefficient (Wildman–Crippen LogP) is 5.73. The number of nitrogens with one attached hydrogen (secondary N) is 2. The van der Waals surface area contributed by atoms with Gasteiger partial charge in [-0.25, -0.2) is 0 Å². The molecule has 3 aromatic carbocycles. The van der Waals surface area contributed by atoms with Crippen LogP contribution in [0, 0.1) is 11.8 Å². The first-order valence-corrected chi connectivity index (χ1v) is 14.6. The van der Waals surface area contributed by atoms with Crippen LogP contribution in [0.15, 0.2) is 95.9 Å². The molecule has 4 rings (SSSR count). The first-order chi connectivity index (χ1) is 19.1. The Morgan fingerprint density at radius 1 is 1.02 bits per heavy atom. The van der Waals surface area contributed by atoms with Crippen molar-refractivity contribution in [2.75, 3.05) is 17.6 Å². The largest absolute Gasteiger partial charge is 0.456 e. The molecule has 0 aliphatic heterocycles. The van der Waals surface area contributed by atoms with Crippen LogP contribution in [0.25, 0.3) is 22.3 Å². The van der Waals surface area contributed by atoms with Crippen LogP contribution in [-0.4, -0.2) is 37.1 Å². The summed E-state index contributed by atoms with van der Waals surface area (Å²) >= 11 is 0. The van der Waals surface area contributed by atoms with E-state index in [1.54, 1.807) is 24.3 Å². The van der Waals surface area contributed by atoms with E-state index in [4.69, 9.17) is 8.97 Å². The van der Waals surface area contributed by atoms with E-state index in [2.05, 4.69) is 17.2 Å². The fourth-order valence-corrected chi connectivity index (χ4v) is 4.75. The molecule has 0 aliphatic rings. The Bertz CT molecular complexity index is 1560. The number of anilines is 1. The van der Waals surface area contributed by atoms with Crippen molar-refractivity contribution in [3.8, 4) is 11.3 Å². The van der Waals surface area contributed by atoms with Crippen LogP contribution < -0.4 is 10.6 Å². The summed E-state index contributed by atoms with van der Waals surface area (Å²) in [4.78, 5) is 25.6. The third-order valence-corrected chi connectivity index (χ3v) is 7.36. The van der Waals surface area contributed by atoms with Gasteiger partial charge in [-0.2, -0.15) is 8.42 Å². The molecule has 0 aliphatic carbocycles. The van der Waals surface area contributed by atoms with Crippen LogP contribution in [-0.2, 0) is 21.3 Å². The third-order valence-electron chi connectivity index (χ3n) is 6.64. The lowest BCUT2D eigenvalue weighted by atomic mass is 9.89. The van der Waals surface area contributed by atoms with Gasteiger partial charge in [0.2, 0.25) is 5.91 Å². The van der Waals surface area contributed by atoms with Gasteiger partial charge < -0.3 is 15.1 Å². The number of hydrogen-bond donors (Lipinski definition) is 3. The van der Waals surface area contributed by atoms with Gasteiger partial charge in [0.05, 0.1) is 5.75 Å². The lowest BCUT2D eigenvalue weighted by Gasteiger charge is -2.19. The number of amides is 2. The van der Waals surface area contributed by atoms with Crippen LogP contribution in [0.5, 0.6) is 0 Å². The summed E-state index contributed by atoms with van der Waals surface area (Å²) in [5.41, 5.74) is 3.64. The van der Waals surface area contributed by atoms with E-state index >= 15 is 0 Å². The fraction of sp³-hybridized carbons (Fsp3) is 0.226. The van der Waals surface area contributed by atoms with Crippen molar-refractivity contribution in [2.24, 2.45) is 11.8 Å². The normalized spacial score (nSPS) is 12.9. The van der Waals surface area contributed by atoms with Crippen molar-refractivity contribution in [3.63, 3.8) is 0 Å². The number of fused-ring (bicyclic) bond motifs is 1. The Hall–Kier alpha value is -4.21. The highest BCUT2D eigenvalue weighted by molar-refractivity contribution is 7.85. The summed E-state index contributed by atoms with van der Waals surface area (Å²) in [5, 5.41) is 6.51. The molecule has 9 heteroatoms. The number of carbonyl (C=O) groups is 2. The molecule has 208 valence electrons. The minimum Gasteiger partial charge on any atom is -0.456 e. The molecule has 8 nitrogen and oxygen atoms in total. The third kappa shape index (κ3) is 7.91. The minimum absolute atomic E-state index is 0.114. The summed E-state index contributed by atoms with van der Waals surface area (Å²) in [6.45, 7) is 5.67. The van der Waals surface area contributed by atoms with Gasteiger partial charge in [-0.3, -0.25) is 14.1 Å². The number of allylic oxidation sites excluding steroid dienone is 1. The van der Waals surface area contributed by atoms with Crippen LogP contribution in [0.4, 0.5) is 5.69 Å². The molecule has 3 N–H and O–H groups in total. The molecule has 40 heavy (non-hydrogen) atoms. The van der Waals surface area contributed by atoms with Crippen molar-refractivity contribution in [2.45, 2.75) is 19.8 Å². The maximum Gasteiger partial charge on any atom is 0.266 e. The quantitative estimate of drug-likeness (QED) is 0.150. The molecule has 0 saturated heterocycles. The summed E-state index contributed by atoms with van der Waals surface area (Å²) < 4.78 is 36.4. The number of benzene rings is 3. The van der Waals surface area contributed by atoms with E-state index in [9.17, 15) is 18.0 Å². The zero-order chi connectivity index (χ0) is 28.7. The van der Waals surface area contributed by atoms with E-state index in [1.165, 1.54) is 0 Å². The molecule has 2 unspecified atom stereocenters. The molecule has 2 amide bonds. The van der Waals surface area contributed by atoms with Crippen LogP contribution in [0.1, 0.15) is 29.3 Å². The molecule has 0 saturated carbocycles. The van der Waals surface area contributed by atoms with E-state index < -0.39 is 21.8 Å². The Morgan fingerprint density at radius 3 is 2.38 bits per heavy atom. The summed E-state index contributed by atoms with van der Waals surface area (Å²) in [5.74, 6) is -0.575.